The van der Waals surface area contributed by atoms with Crippen LogP contribution in [0, 0.1) is 5.41 Å². The number of piperidine rings is 1. The minimum atomic E-state index is -0.663. The Bertz CT molecular complexity index is 233. The van der Waals surface area contributed by atoms with Crippen molar-refractivity contribution >= 4 is 5.97 Å². The van der Waals surface area contributed by atoms with Crippen molar-refractivity contribution in [3.63, 3.8) is 0 Å². The average molecular weight is 228 g/mol. The third kappa shape index (κ3) is 4.49. The zero-order chi connectivity index (χ0) is 12.2. The summed E-state index contributed by atoms with van der Waals surface area (Å²) in [5.41, 5.74) is 0.0143. The number of rotatable bonds is 5. The van der Waals surface area contributed by atoms with Gasteiger partial charge in [-0.2, -0.15) is 0 Å². The number of carbonyl (C=O) groups is 1. The Kier molecular flexibility index (Phi) is 4.74. The fourth-order valence-corrected chi connectivity index (χ4v) is 2.20. The minimum Gasteiger partial charge on any atom is -0.481 e. The molecule has 0 radical (unpaired) electrons. The maximum Gasteiger partial charge on any atom is 0.303 e. The van der Waals surface area contributed by atoms with Crippen LogP contribution in [0.3, 0.4) is 0 Å². The smallest absolute Gasteiger partial charge is 0.303 e. The Morgan fingerprint density at radius 3 is 2.38 bits per heavy atom. The molecule has 1 aliphatic heterocycles. The summed E-state index contributed by atoms with van der Waals surface area (Å²) in [6, 6.07) is 0. The van der Waals surface area contributed by atoms with Gasteiger partial charge in [0, 0.05) is 13.1 Å². The monoisotopic (exact) mass is 228 g/mol. The summed E-state index contributed by atoms with van der Waals surface area (Å²) in [5.74, 6) is -0.663. The molecule has 0 aromatic carbocycles. The summed E-state index contributed by atoms with van der Waals surface area (Å²) in [6.45, 7) is 6.35. The van der Waals surface area contributed by atoms with Crippen LogP contribution in [0.4, 0.5) is 0 Å². The third-order valence-corrected chi connectivity index (χ3v) is 3.50. The Morgan fingerprint density at radius 1 is 1.38 bits per heavy atom. The van der Waals surface area contributed by atoms with Gasteiger partial charge >= 0.3 is 5.97 Å². The van der Waals surface area contributed by atoms with E-state index in [1.165, 1.54) is 0 Å². The fraction of sp³-hybridized carbons (Fsp3) is 0.917. The normalized spacial score (nSPS) is 21.2. The van der Waals surface area contributed by atoms with E-state index in [0.717, 1.165) is 39.0 Å². The van der Waals surface area contributed by atoms with Crippen LogP contribution in [0.2, 0.25) is 0 Å². The lowest BCUT2D eigenvalue weighted by Crippen LogP contribution is -2.42. The molecule has 1 aliphatic rings. The Morgan fingerprint density at radius 2 is 1.94 bits per heavy atom. The molecule has 4 nitrogen and oxygen atoms in total. The van der Waals surface area contributed by atoms with Crippen molar-refractivity contribution in [2.24, 2.45) is 5.41 Å². The number of hydrogen-bond acceptors (Lipinski definition) is 3. The summed E-state index contributed by atoms with van der Waals surface area (Å²) in [6.07, 6.45) is 2.33. The van der Waals surface area contributed by atoms with E-state index in [9.17, 15) is 4.79 Å². The largest absolute Gasteiger partial charge is 0.481 e. The number of carboxylic acids is 1. The highest BCUT2D eigenvalue weighted by molar-refractivity contribution is 5.67. The topological polar surface area (TPSA) is 43.8 Å². The molecule has 0 aromatic rings. The van der Waals surface area contributed by atoms with E-state index in [2.05, 4.69) is 30.8 Å². The highest BCUT2D eigenvalue weighted by atomic mass is 16.4. The Hall–Kier alpha value is -0.610. The van der Waals surface area contributed by atoms with E-state index in [0.29, 0.717) is 6.42 Å². The van der Waals surface area contributed by atoms with Crippen LogP contribution in [-0.4, -0.2) is 61.2 Å². The lowest BCUT2D eigenvalue weighted by molar-refractivity contribution is -0.140. The Balaban J connectivity index is 2.30. The van der Waals surface area contributed by atoms with Crippen LogP contribution in [0.25, 0.3) is 0 Å². The number of likely N-dealkylation sites (N-methyl/N-ethyl adjacent to an activating group) is 1. The summed E-state index contributed by atoms with van der Waals surface area (Å²) in [5, 5.41) is 8.85. The Labute approximate surface area is 98.2 Å². The predicted octanol–water partition coefficient (Wildman–Crippen LogP) is 1.12. The molecule has 0 bridgehead atoms. The van der Waals surface area contributed by atoms with Gasteiger partial charge in [0.15, 0.2) is 0 Å². The first-order chi connectivity index (χ1) is 7.41. The van der Waals surface area contributed by atoms with Gasteiger partial charge in [0.1, 0.15) is 0 Å². The van der Waals surface area contributed by atoms with Gasteiger partial charge in [0.25, 0.3) is 0 Å². The molecule has 0 saturated carbocycles. The van der Waals surface area contributed by atoms with Gasteiger partial charge < -0.3 is 14.9 Å². The molecule has 0 atom stereocenters. The van der Waals surface area contributed by atoms with E-state index in [1.807, 2.05) is 0 Å². The molecule has 4 heteroatoms. The van der Waals surface area contributed by atoms with E-state index in [-0.39, 0.29) is 5.41 Å². The molecule has 0 amide bonds. The van der Waals surface area contributed by atoms with Gasteiger partial charge in [-0.3, -0.25) is 4.79 Å². The summed E-state index contributed by atoms with van der Waals surface area (Å²) < 4.78 is 0. The summed E-state index contributed by atoms with van der Waals surface area (Å²) >= 11 is 0. The molecule has 1 fully saturated rings. The first kappa shape index (κ1) is 13.5. The number of aliphatic carboxylic acids is 1. The lowest BCUT2D eigenvalue weighted by Gasteiger charge is -2.38. The van der Waals surface area contributed by atoms with Crippen molar-refractivity contribution in [3.05, 3.63) is 0 Å². The SMILES string of the molecule is CN(C)CCN1CCC(C)(CC(=O)O)CC1. The second-order valence-corrected chi connectivity index (χ2v) is 5.53. The zero-order valence-electron chi connectivity index (χ0n) is 10.7. The van der Waals surface area contributed by atoms with Crippen molar-refractivity contribution in [1.29, 1.82) is 0 Å². The molecule has 1 saturated heterocycles. The summed E-state index contributed by atoms with van der Waals surface area (Å²) in [7, 11) is 4.16. The van der Waals surface area contributed by atoms with E-state index in [4.69, 9.17) is 5.11 Å². The average Bonchev–Trinajstić information content (AvgIpc) is 2.15. The lowest BCUT2D eigenvalue weighted by atomic mass is 9.77. The second kappa shape index (κ2) is 5.64. The third-order valence-electron chi connectivity index (χ3n) is 3.50. The highest BCUT2D eigenvalue weighted by Crippen LogP contribution is 2.34. The molecule has 94 valence electrons. The number of carboxylic acid groups (broad SMARTS) is 1. The number of likely N-dealkylation sites (tertiary alicyclic amines) is 1. The van der Waals surface area contributed by atoms with Crippen LogP contribution >= 0.6 is 0 Å². The molecular weight excluding hydrogens is 204 g/mol. The standard InChI is InChI=1S/C12H24N2O2/c1-12(10-11(15)16)4-6-14(7-5-12)9-8-13(2)3/h4-10H2,1-3H3,(H,15,16). The highest BCUT2D eigenvalue weighted by Gasteiger charge is 2.31. The molecule has 0 spiro atoms. The van der Waals surface area contributed by atoms with E-state index >= 15 is 0 Å². The fourth-order valence-electron chi connectivity index (χ4n) is 2.20. The quantitative estimate of drug-likeness (QED) is 0.766. The number of hydrogen-bond donors (Lipinski definition) is 1. The van der Waals surface area contributed by atoms with Crippen LogP contribution in [0.5, 0.6) is 0 Å². The van der Waals surface area contributed by atoms with Gasteiger partial charge in [0.2, 0.25) is 0 Å². The summed E-state index contributed by atoms with van der Waals surface area (Å²) in [4.78, 5) is 15.4. The van der Waals surface area contributed by atoms with E-state index in [1.54, 1.807) is 0 Å². The van der Waals surface area contributed by atoms with Gasteiger partial charge in [-0.05, 0) is 45.4 Å². The van der Waals surface area contributed by atoms with Crippen LogP contribution < -0.4 is 0 Å². The predicted molar refractivity (Wildman–Crippen MR) is 64.6 cm³/mol. The molecular formula is C12H24N2O2. The maximum absolute atomic E-state index is 10.7. The first-order valence-electron chi connectivity index (χ1n) is 6.00. The molecule has 1 rings (SSSR count). The molecule has 1 heterocycles. The van der Waals surface area contributed by atoms with Crippen LogP contribution in [0.1, 0.15) is 26.2 Å². The van der Waals surface area contributed by atoms with Crippen LogP contribution in [-0.2, 0) is 4.79 Å². The molecule has 0 aromatic heterocycles. The van der Waals surface area contributed by atoms with Gasteiger partial charge in [-0.25, -0.2) is 0 Å². The van der Waals surface area contributed by atoms with E-state index < -0.39 is 5.97 Å². The molecule has 0 aliphatic carbocycles. The van der Waals surface area contributed by atoms with Crippen molar-refractivity contribution < 1.29 is 9.90 Å². The minimum absolute atomic E-state index is 0.0143. The first-order valence-corrected chi connectivity index (χ1v) is 6.00. The van der Waals surface area contributed by atoms with Gasteiger partial charge in [-0.15, -0.1) is 0 Å². The van der Waals surface area contributed by atoms with Crippen molar-refractivity contribution in [2.75, 3.05) is 40.3 Å². The van der Waals surface area contributed by atoms with Crippen LogP contribution in [0.15, 0.2) is 0 Å². The van der Waals surface area contributed by atoms with Crippen molar-refractivity contribution in [1.82, 2.24) is 9.80 Å². The number of nitrogens with zero attached hydrogens (tertiary/aromatic N) is 2. The van der Waals surface area contributed by atoms with Gasteiger partial charge in [0.05, 0.1) is 6.42 Å². The second-order valence-electron chi connectivity index (χ2n) is 5.53. The van der Waals surface area contributed by atoms with Gasteiger partial charge in [-0.1, -0.05) is 6.92 Å². The zero-order valence-corrected chi connectivity index (χ0v) is 10.7. The van der Waals surface area contributed by atoms with Crippen molar-refractivity contribution in [3.8, 4) is 0 Å². The maximum atomic E-state index is 10.7. The molecule has 16 heavy (non-hydrogen) atoms. The molecule has 0 unspecified atom stereocenters. The molecule has 1 N–H and O–H groups in total. The van der Waals surface area contributed by atoms with Crippen molar-refractivity contribution in [2.45, 2.75) is 26.2 Å².